The Morgan fingerprint density at radius 2 is 2.21 bits per heavy atom. The van der Waals surface area contributed by atoms with Crippen LogP contribution in [0.1, 0.15) is 5.56 Å². The molecule has 0 unspecified atom stereocenters. The molecule has 0 spiro atoms. The van der Waals surface area contributed by atoms with E-state index >= 15 is 0 Å². The van der Waals surface area contributed by atoms with E-state index in [4.69, 9.17) is 16.3 Å². The zero-order valence-electron chi connectivity index (χ0n) is 7.16. The number of rotatable bonds is 1. The lowest BCUT2D eigenvalue weighted by atomic mass is 10.2. The number of amides is 1. The maximum Gasteiger partial charge on any atom is 0.278 e. The van der Waals surface area contributed by atoms with Crippen LogP contribution >= 0.6 is 11.6 Å². The quantitative estimate of drug-likeness (QED) is 0.756. The molecule has 5 heteroatoms. The number of benzene rings is 1. The van der Waals surface area contributed by atoms with Crippen molar-refractivity contribution in [3.8, 4) is 0 Å². The molecule has 0 aliphatic carbocycles. The number of hydrogen-bond acceptors (Lipinski definition) is 3. The van der Waals surface area contributed by atoms with Gasteiger partial charge in [0, 0.05) is 0 Å². The Kier molecular flexibility index (Phi) is 2.37. The van der Waals surface area contributed by atoms with E-state index in [1.165, 1.54) is 0 Å². The van der Waals surface area contributed by atoms with Gasteiger partial charge < -0.3 is 4.74 Å². The fraction of sp³-hybridized carbons (Fsp3) is 0.111. The number of halogens is 1. The summed E-state index contributed by atoms with van der Waals surface area (Å²) < 4.78 is 5.11. The minimum absolute atomic E-state index is 0.0238. The second-order valence-electron chi connectivity index (χ2n) is 2.72. The van der Waals surface area contributed by atoms with Crippen molar-refractivity contribution in [1.82, 2.24) is 5.43 Å². The van der Waals surface area contributed by atoms with Gasteiger partial charge in [-0.1, -0.05) is 23.7 Å². The van der Waals surface area contributed by atoms with E-state index in [0.29, 0.717) is 16.5 Å². The number of nitrogens with zero attached hydrogens (tertiary/aromatic N) is 1. The molecule has 0 bridgehead atoms. The van der Waals surface area contributed by atoms with Gasteiger partial charge in [0.1, 0.15) is 0 Å². The van der Waals surface area contributed by atoms with Crippen molar-refractivity contribution >= 4 is 23.4 Å². The van der Waals surface area contributed by atoms with Crippen LogP contribution in [0, 0.1) is 0 Å². The average Bonchev–Trinajstić information content (AvgIpc) is 2.20. The minimum atomic E-state index is -0.263. The van der Waals surface area contributed by atoms with Gasteiger partial charge in [-0.05, 0) is 12.1 Å². The number of carbonyl (C=O) groups is 1. The van der Waals surface area contributed by atoms with Crippen molar-refractivity contribution in [3.63, 3.8) is 0 Å². The Morgan fingerprint density at radius 1 is 1.43 bits per heavy atom. The van der Waals surface area contributed by atoms with Crippen LogP contribution in [0.3, 0.4) is 0 Å². The van der Waals surface area contributed by atoms with E-state index < -0.39 is 0 Å². The van der Waals surface area contributed by atoms with E-state index in [1.807, 2.05) is 12.1 Å². The fourth-order valence-corrected chi connectivity index (χ4v) is 1.30. The highest BCUT2D eigenvalue weighted by atomic mass is 35.5. The number of hydrogen-bond donors (Lipinski definition) is 1. The summed E-state index contributed by atoms with van der Waals surface area (Å²) in [4.78, 5) is 10.7. The number of ether oxygens (including phenoxy) is 1. The molecule has 1 aliphatic rings. The molecule has 0 fully saturated rings. The summed E-state index contributed by atoms with van der Waals surface area (Å²) in [5.74, 6) is 0.0796. The molecule has 0 saturated heterocycles. The molecule has 72 valence electrons. The Hall–Kier alpha value is -1.55. The average molecular weight is 211 g/mol. The molecule has 1 amide bonds. The van der Waals surface area contributed by atoms with Gasteiger partial charge in [0.25, 0.3) is 5.91 Å². The molecule has 1 aromatic carbocycles. The van der Waals surface area contributed by atoms with Gasteiger partial charge in [-0.3, -0.25) is 4.79 Å². The summed E-state index contributed by atoms with van der Waals surface area (Å²) in [7, 11) is 0. The Labute approximate surface area is 85.5 Å². The predicted molar refractivity (Wildman–Crippen MR) is 52.1 cm³/mol. The number of nitrogens with one attached hydrogen (secondary N) is 1. The van der Waals surface area contributed by atoms with Crippen molar-refractivity contribution in [3.05, 3.63) is 34.9 Å². The van der Waals surface area contributed by atoms with Crippen molar-refractivity contribution in [2.45, 2.75) is 0 Å². The maximum absolute atomic E-state index is 10.7. The van der Waals surface area contributed by atoms with Crippen LogP contribution in [-0.4, -0.2) is 18.4 Å². The first-order chi connectivity index (χ1) is 6.77. The second-order valence-corrected chi connectivity index (χ2v) is 3.13. The van der Waals surface area contributed by atoms with Crippen LogP contribution in [0.2, 0.25) is 5.02 Å². The van der Waals surface area contributed by atoms with Gasteiger partial charge >= 0.3 is 0 Å². The molecule has 1 aromatic rings. The van der Waals surface area contributed by atoms with Crippen LogP contribution in [0.25, 0.3) is 0 Å². The van der Waals surface area contributed by atoms with Gasteiger partial charge in [0.15, 0.2) is 6.61 Å². The third-order valence-electron chi connectivity index (χ3n) is 1.73. The summed E-state index contributed by atoms with van der Waals surface area (Å²) in [6, 6.07) is 7.15. The second kappa shape index (κ2) is 3.67. The van der Waals surface area contributed by atoms with E-state index in [0.717, 1.165) is 0 Å². The molecule has 0 atom stereocenters. The highest BCUT2D eigenvalue weighted by molar-refractivity contribution is 6.33. The minimum Gasteiger partial charge on any atom is -0.466 e. The van der Waals surface area contributed by atoms with E-state index in [1.54, 1.807) is 12.1 Å². The molecule has 14 heavy (non-hydrogen) atoms. The Bertz CT molecular complexity index is 404. The van der Waals surface area contributed by atoms with Crippen molar-refractivity contribution in [2.75, 3.05) is 6.61 Å². The monoisotopic (exact) mass is 210 g/mol. The lowest BCUT2D eigenvalue weighted by Crippen LogP contribution is -2.32. The lowest BCUT2D eigenvalue weighted by Gasteiger charge is -2.14. The lowest BCUT2D eigenvalue weighted by molar-refractivity contribution is -0.124. The summed E-state index contributed by atoms with van der Waals surface area (Å²) in [6.07, 6.45) is 0. The number of hydrazone groups is 1. The third kappa shape index (κ3) is 1.70. The topological polar surface area (TPSA) is 50.7 Å². The van der Waals surface area contributed by atoms with Gasteiger partial charge in [-0.25, -0.2) is 5.43 Å². The largest absolute Gasteiger partial charge is 0.466 e. The van der Waals surface area contributed by atoms with Crippen molar-refractivity contribution in [1.29, 1.82) is 0 Å². The molecular formula is C9H7ClN2O2. The van der Waals surface area contributed by atoms with Crippen LogP contribution in [0.4, 0.5) is 0 Å². The Balaban J connectivity index is 2.32. The molecule has 1 heterocycles. The Morgan fingerprint density at radius 3 is 2.86 bits per heavy atom. The third-order valence-corrected chi connectivity index (χ3v) is 2.06. The molecule has 0 radical (unpaired) electrons. The molecule has 4 nitrogen and oxygen atoms in total. The summed E-state index contributed by atoms with van der Waals surface area (Å²) in [5, 5.41) is 4.30. The smallest absolute Gasteiger partial charge is 0.278 e. The van der Waals surface area contributed by atoms with E-state index in [2.05, 4.69) is 10.5 Å². The summed E-state index contributed by atoms with van der Waals surface area (Å²) in [5.41, 5.74) is 3.00. The molecular weight excluding hydrogens is 204 g/mol. The first kappa shape index (κ1) is 9.02. The molecule has 2 rings (SSSR count). The van der Waals surface area contributed by atoms with Gasteiger partial charge in [-0.15, -0.1) is 5.10 Å². The summed E-state index contributed by atoms with van der Waals surface area (Å²) >= 11 is 5.92. The highest BCUT2D eigenvalue weighted by Crippen LogP contribution is 2.16. The van der Waals surface area contributed by atoms with E-state index in [9.17, 15) is 4.79 Å². The maximum atomic E-state index is 10.7. The molecule has 0 aromatic heterocycles. The first-order valence-electron chi connectivity index (χ1n) is 4.01. The van der Waals surface area contributed by atoms with E-state index in [-0.39, 0.29) is 12.5 Å². The number of carbonyl (C=O) groups excluding carboxylic acids is 1. The SMILES string of the molecule is O=C1COC(c2ccccc2Cl)=NN1. The van der Waals surface area contributed by atoms with Crippen LogP contribution < -0.4 is 5.43 Å². The zero-order valence-corrected chi connectivity index (χ0v) is 7.91. The van der Waals surface area contributed by atoms with Gasteiger partial charge in [0.05, 0.1) is 10.6 Å². The standard InChI is InChI=1S/C9H7ClN2O2/c10-7-4-2-1-3-6(7)9-12-11-8(13)5-14-9/h1-4H,5H2,(H,11,13). The highest BCUT2D eigenvalue weighted by Gasteiger charge is 2.15. The summed E-state index contributed by atoms with van der Waals surface area (Å²) in [6.45, 7) is -0.0238. The predicted octanol–water partition coefficient (Wildman–Crippen LogP) is 1.15. The van der Waals surface area contributed by atoms with Gasteiger partial charge in [-0.2, -0.15) is 0 Å². The van der Waals surface area contributed by atoms with Crippen molar-refractivity contribution in [2.24, 2.45) is 5.10 Å². The van der Waals surface area contributed by atoms with Gasteiger partial charge in [0.2, 0.25) is 5.90 Å². The first-order valence-corrected chi connectivity index (χ1v) is 4.39. The van der Waals surface area contributed by atoms with Crippen LogP contribution in [-0.2, 0) is 9.53 Å². The fourth-order valence-electron chi connectivity index (χ4n) is 1.08. The van der Waals surface area contributed by atoms with Crippen molar-refractivity contribution < 1.29 is 9.53 Å². The molecule has 1 aliphatic heterocycles. The molecule has 1 N–H and O–H groups in total. The van der Waals surface area contributed by atoms with Crippen LogP contribution in [0.15, 0.2) is 29.4 Å². The molecule has 0 saturated carbocycles. The van der Waals surface area contributed by atoms with Crippen LogP contribution in [0.5, 0.6) is 0 Å². The normalized spacial score (nSPS) is 15.5. The zero-order chi connectivity index (χ0) is 9.97.